The molecule has 0 saturated carbocycles. The molecule has 4 heteroatoms. The van der Waals surface area contributed by atoms with Crippen molar-refractivity contribution in [3.05, 3.63) is 28.7 Å². The maximum Gasteiger partial charge on any atom is 0.224 e. The zero-order valence-corrected chi connectivity index (χ0v) is 7.07. The van der Waals surface area contributed by atoms with Crippen molar-refractivity contribution in [2.45, 2.75) is 13.5 Å². The fourth-order valence-electron chi connectivity index (χ4n) is 1.07. The van der Waals surface area contributed by atoms with E-state index in [0.29, 0.717) is 21.7 Å². The lowest BCUT2D eigenvalue weighted by Gasteiger charge is -2.08. The molecule has 1 N–H and O–H groups in total. The Kier molecular flexibility index (Phi) is 2.50. The molecule has 1 heterocycles. The summed E-state index contributed by atoms with van der Waals surface area (Å²) in [6.45, 7) is 1.46. The quantitative estimate of drug-likeness (QED) is 0.505. The van der Waals surface area contributed by atoms with Crippen molar-refractivity contribution in [3.8, 4) is 5.75 Å². The third-order valence-electron chi connectivity index (χ3n) is 1.80. The van der Waals surface area contributed by atoms with Gasteiger partial charge in [0.05, 0.1) is 12.7 Å². The highest BCUT2D eigenvalue weighted by Crippen LogP contribution is 2.17. The summed E-state index contributed by atoms with van der Waals surface area (Å²) in [5.74, 6) is 0.617. The third kappa shape index (κ3) is 1.33. The topological polar surface area (TPSA) is 56.4 Å². The SMILES string of the molecule is COc1cc[n+]([O-])c(CO)c1C. The summed E-state index contributed by atoms with van der Waals surface area (Å²) in [4.78, 5) is 0. The Hall–Kier alpha value is -1.29. The highest BCUT2D eigenvalue weighted by Gasteiger charge is 2.12. The predicted octanol–water partition coefficient (Wildman–Crippen LogP) is 0.129. The highest BCUT2D eigenvalue weighted by atomic mass is 16.5. The van der Waals surface area contributed by atoms with Gasteiger partial charge in [-0.1, -0.05) is 0 Å². The number of aliphatic hydroxyl groups is 1. The van der Waals surface area contributed by atoms with Gasteiger partial charge in [0.15, 0.2) is 6.20 Å². The first kappa shape index (κ1) is 8.80. The van der Waals surface area contributed by atoms with Crippen molar-refractivity contribution >= 4 is 0 Å². The molecule has 12 heavy (non-hydrogen) atoms. The molecule has 0 aliphatic rings. The van der Waals surface area contributed by atoms with Gasteiger partial charge in [-0.2, -0.15) is 4.73 Å². The first-order valence-corrected chi connectivity index (χ1v) is 3.57. The highest BCUT2D eigenvalue weighted by molar-refractivity contribution is 5.31. The van der Waals surface area contributed by atoms with Crippen LogP contribution in [0.4, 0.5) is 0 Å². The zero-order valence-electron chi connectivity index (χ0n) is 7.07. The number of nitrogens with zero attached hydrogens (tertiary/aromatic N) is 1. The molecule has 0 radical (unpaired) electrons. The van der Waals surface area contributed by atoms with Crippen molar-refractivity contribution in [2.24, 2.45) is 0 Å². The zero-order chi connectivity index (χ0) is 9.14. The van der Waals surface area contributed by atoms with E-state index >= 15 is 0 Å². The molecular formula is C8H11NO3. The molecule has 0 saturated heterocycles. The molecule has 0 spiro atoms. The molecule has 1 aromatic heterocycles. The van der Waals surface area contributed by atoms with E-state index in [1.165, 1.54) is 13.3 Å². The minimum Gasteiger partial charge on any atom is -0.618 e. The summed E-state index contributed by atoms with van der Waals surface area (Å²) < 4.78 is 5.62. The van der Waals surface area contributed by atoms with Crippen molar-refractivity contribution < 1.29 is 14.6 Å². The maximum absolute atomic E-state index is 11.0. The van der Waals surface area contributed by atoms with Gasteiger partial charge in [0.1, 0.15) is 12.4 Å². The summed E-state index contributed by atoms with van der Waals surface area (Å²) in [5.41, 5.74) is 1.01. The summed E-state index contributed by atoms with van der Waals surface area (Å²) in [5, 5.41) is 19.9. The lowest BCUT2D eigenvalue weighted by molar-refractivity contribution is -0.616. The van der Waals surface area contributed by atoms with Crippen LogP contribution in [0.1, 0.15) is 11.3 Å². The molecule has 4 nitrogen and oxygen atoms in total. The van der Waals surface area contributed by atoms with E-state index in [0.717, 1.165) is 0 Å². The van der Waals surface area contributed by atoms with Crippen molar-refractivity contribution in [1.82, 2.24) is 0 Å². The van der Waals surface area contributed by atoms with E-state index in [-0.39, 0.29) is 6.61 Å². The molecule has 0 bridgehead atoms. The average Bonchev–Trinajstić information content (AvgIpc) is 2.06. The molecule has 66 valence electrons. The van der Waals surface area contributed by atoms with Crippen LogP contribution in [0.3, 0.4) is 0 Å². The molecule has 0 fully saturated rings. The van der Waals surface area contributed by atoms with Crippen LogP contribution in [0.2, 0.25) is 0 Å². The van der Waals surface area contributed by atoms with Gasteiger partial charge in [0.2, 0.25) is 5.69 Å². The standard InChI is InChI=1S/C8H11NO3/c1-6-7(5-10)9(11)4-3-8(6)12-2/h3-4,10H,5H2,1-2H3. The first-order valence-electron chi connectivity index (χ1n) is 3.57. The summed E-state index contributed by atoms with van der Waals surface area (Å²) >= 11 is 0. The second kappa shape index (κ2) is 3.40. The largest absolute Gasteiger partial charge is 0.618 e. The Bertz CT molecular complexity index is 286. The van der Waals surface area contributed by atoms with Gasteiger partial charge in [-0.25, -0.2) is 0 Å². The fourth-order valence-corrected chi connectivity index (χ4v) is 1.07. The van der Waals surface area contributed by atoms with Gasteiger partial charge >= 0.3 is 0 Å². The van der Waals surface area contributed by atoms with E-state index in [1.807, 2.05) is 0 Å². The normalized spacial score (nSPS) is 9.92. The van der Waals surface area contributed by atoms with Gasteiger partial charge in [-0.05, 0) is 6.92 Å². The summed E-state index contributed by atoms with van der Waals surface area (Å²) in [7, 11) is 1.53. The molecular weight excluding hydrogens is 158 g/mol. The van der Waals surface area contributed by atoms with Crippen molar-refractivity contribution in [2.75, 3.05) is 7.11 Å². The maximum atomic E-state index is 11.0. The van der Waals surface area contributed by atoms with Gasteiger partial charge in [0.25, 0.3) is 0 Å². The first-order chi connectivity index (χ1) is 5.70. The van der Waals surface area contributed by atoms with E-state index in [2.05, 4.69) is 0 Å². The number of pyridine rings is 1. The van der Waals surface area contributed by atoms with Crippen LogP contribution < -0.4 is 9.47 Å². The van der Waals surface area contributed by atoms with Crippen LogP contribution in [0.15, 0.2) is 12.3 Å². The van der Waals surface area contributed by atoms with E-state index in [4.69, 9.17) is 9.84 Å². The molecule has 0 aliphatic carbocycles. The molecule has 0 unspecified atom stereocenters. The second-order valence-electron chi connectivity index (χ2n) is 2.44. The van der Waals surface area contributed by atoms with Crippen LogP contribution in [0.5, 0.6) is 5.75 Å². The molecule has 0 aromatic carbocycles. The smallest absolute Gasteiger partial charge is 0.224 e. The van der Waals surface area contributed by atoms with Crippen LogP contribution >= 0.6 is 0 Å². The molecule has 1 aromatic rings. The number of hydrogen-bond donors (Lipinski definition) is 1. The van der Waals surface area contributed by atoms with Crippen LogP contribution in [-0.2, 0) is 6.61 Å². The van der Waals surface area contributed by atoms with Crippen LogP contribution in [0, 0.1) is 12.1 Å². The predicted molar refractivity (Wildman–Crippen MR) is 42.6 cm³/mol. The Balaban J connectivity index is 3.24. The number of aromatic nitrogens is 1. The average molecular weight is 169 g/mol. The Morgan fingerprint density at radius 3 is 2.83 bits per heavy atom. The number of ether oxygens (including phenoxy) is 1. The van der Waals surface area contributed by atoms with Gasteiger partial charge in [0, 0.05) is 6.07 Å². The molecule has 0 atom stereocenters. The lowest BCUT2D eigenvalue weighted by atomic mass is 10.2. The lowest BCUT2D eigenvalue weighted by Crippen LogP contribution is -2.32. The van der Waals surface area contributed by atoms with Crippen molar-refractivity contribution in [1.29, 1.82) is 0 Å². The van der Waals surface area contributed by atoms with Crippen molar-refractivity contribution in [3.63, 3.8) is 0 Å². The van der Waals surface area contributed by atoms with E-state index in [1.54, 1.807) is 13.0 Å². The Morgan fingerprint density at radius 1 is 1.67 bits per heavy atom. The number of methoxy groups -OCH3 is 1. The third-order valence-corrected chi connectivity index (χ3v) is 1.80. The molecule has 0 amide bonds. The van der Waals surface area contributed by atoms with Gasteiger partial charge < -0.3 is 15.1 Å². The van der Waals surface area contributed by atoms with Gasteiger partial charge in [-0.3, -0.25) is 0 Å². The second-order valence-corrected chi connectivity index (χ2v) is 2.44. The monoisotopic (exact) mass is 169 g/mol. The minimum atomic E-state index is -0.271. The fraction of sp³-hybridized carbons (Fsp3) is 0.375. The number of aliphatic hydroxyl groups excluding tert-OH is 1. The summed E-state index contributed by atoms with van der Waals surface area (Å²) in [6, 6.07) is 1.57. The minimum absolute atomic E-state index is 0.271. The van der Waals surface area contributed by atoms with E-state index < -0.39 is 0 Å². The number of rotatable bonds is 2. The van der Waals surface area contributed by atoms with Gasteiger partial charge in [-0.15, -0.1) is 0 Å². The van der Waals surface area contributed by atoms with Crippen LogP contribution in [0.25, 0.3) is 0 Å². The molecule has 1 rings (SSSR count). The van der Waals surface area contributed by atoms with E-state index in [9.17, 15) is 5.21 Å². The Labute approximate surface area is 70.6 Å². The number of hydrogen-bond acceptors (Lipinski definition) is 3. The Morgan fingerprint density at radius 2 is 2.33 bits per heavy atom. The summed E-state index contributed by atoms with van der Waals surface area (Å²) in [6.07, 6.45) is 1.32. The molecule has 0 aliphatic heterocycles. The van der Waals surface area contributed by atoms with Crippen LogP contribution in [-0.4, -0.2) is 12.2 Å².